The van der Waals surface area contributed by atoms with E-state index in [1.807, 2.05) is 42.5 Å². The van der Waals surface area contributed by atoms with E-state index in [4.69, 9.17) is 11.6 Å². The maximum Gasteiger partial charge on any atom is 0.247 e. The SMILES string of the molecule is O=C(NCCC1=CCCCC1)[C@@H](c1ccccc1)N(Cc1ccc(Cl)cc1)C(=O)CCc1ccc(S(=O)(=O)NC2CC2)cc1. The van der Waals surface area contributed by atoms with Crippen LogP contribution in [-0.4, -0.2) is 37.7 Å². The highest BCUT2D eigenvalue weighted by Crippen LogP contribution is 2.27. The van der Waals surface area contributed by atoms with Gasteiger partial charge in [0.25, 0.3) is 0 Å². The molecule has 7 nitrogen and oxygen atoms in total. The molecule has 2 aliphatic rings. The van der Waals surface area contributed by atoms with E-state index in [1.54, 1.807) is 41.3 Å². The van der Waals surface area contributed by atoms with E-state index in [1.165, 1.54) is 18.4 Å². The molecule has 1 atom stereocenters. The molecule has 3 aromatic carbocycles. The monoisotopic (exact) mass is 633 g/mol. The van der Waals surface area contributed by atoms with Crippen LogP contribution in [0, 0.1) is 0 Å². The molecule has 9 heteroatoms. The normalized spacial score (nSPS) is 15.7. The molecule has 2 aliphatic carbocycles. The average Bonchev–Trinajstić information content (AvgIpc) is 3.85. The molecule has 0 saturated heterocycles. The number of allylic oxidation sites excluding steroid dienone is 1. The maximum atomic E-state index is 14.0. The van der Waals surface area contributed by atoms with Crippen molar-refractivity contribution in [3.8, 4) is 0 Å². The fourth-order valence-corrected chi connectivity index (χ4v) is 6.94. The Kier molecular flexibility index (Phi) is 10.9. The van der Waals surface area contributed by atoms with Crippen LogP contribution < -0.4 is 10.0 Å². The summed E-state index contributed by atoms with van der Waals surface area (Å²) in [4.78, 5) is 29.7. The minimum atomic E-state index is -3.55. The van der Waals surface area contributed by atoms with Crippen LogP contribution in [0.4, 0.5) is 0 Å². The Morgan fingerprint density at radius 3 is 2.25 bits per heavy atom. The summed E-state index contributed by atoms with van der Waals surface area (Å²) in [6.45, 7) is 0.750. The molecule has 0 aromatic heterocycles. The molecule has 3 aromatic rings. The highest BCUT2D eigenvalue weighted by molar-refractivity contribution is 7.89. The van der Waals surface area contributed by atoms with Crippen molar-refractivity contribution in [3.05, 3.63) is 112 Å². The molecule has 2 N–H and O–H groups in total. The standard InChI is InChI=1S/C35H40ClN3O4S/c36-30-16-11-28(12-17-30)25-39(33(40)22-15-27-13-20-32(21-14-27)44(42,43)38-31-18-19-31)34(29-9-5-2-6-10-29)35(41)37-24-23-26-7-3-1-4-8-26/h2,5-7,9-14,16-17,20-21,31,34,38H,1,3-4,8,15,18-19,22-25H2,(H,37,41)/t34-/m1/s1. The second-order valence-corrected chi connectivity index (χ2v) is 13.8. The lowest BCUT2D eigenvalue weighted by molar-refractivity contribution is -0.141. The molecule has 232 valence electrons. The third-order valence-corrected chi connectivity index (χ3v) is 9.94. The van der Waals surface area contributed by atoms with Crippen molar-refractivity contribution in [3.63, 3.8) is 0 Å². The van der Waals surface area contributed by atoms with Crippen molar-refractivity contribution >= 4 is 33.4 Å². The Hall–Kier alpha value is -3.46. The maximum absolute atomic E-state index is 14.0. The van der Waals surface area contributed by atoms with Gasteiger partial charge in [-0.3, -0.25) is 9.59 Å². The van der Waals surface area contributed by atoms with Crippen LogP contribution in [0.2, 0.25) is 5.02 Å². The molecule has 1 saturated carbocycles. The minimum absolute atomic E-state index is 0.0306. The first-order valence-corrected chi connectivity index (χ1v) is 17.3. The minimum Gasteiger partial charge on any atom is -0.354 e. The van der Waals surface area contributed by atoms with Gasteiger partial charge in [-0.05, 0) is 92.3 Å². The van der Waals surface area contributed by atoms with Crippen LogP contribution in [0.5, 0.6) is 0 Å². The second-order valence-electron chi connectivity index (χ2n) is 11.7. The van der Waals surface area contributed by atoms with E-state index in [2.05, 4.69) is 16.1 Å². The van der Waals surface area contributed by atoms with E-state index < -0.39 is 16.1 Å². The van der Waals surface area contributed by atoms with Crippen LogP contribution in [0.25, 0.3) is 0 Å². The molecular formula is C35H40ClN3O4S. The molecule has 0 spiro atoms. The number of nitrogens with zero attached hydrogens (tertiary/aromatic N) is 1. The van der Waals surface area contributed by atoms with Gasteiger partial charge in [-0.2, -0.15) is 0 Å². The third kappa shape index (κ3) is 9.03. The summed E-state index contributed by atoms with van der Waals surface area (Å²) in [6.07, 6.45) is 9.95. The topological polar surface area (TPSA) is 95.6 Å². The summed E-state index contributed by atoms with van der Waals surface area (Å²) >= 11 is 6.13. The van der Waals surface area contributed by atoms with Crippen molar-refractivity contribution in [1.29, 1.82) is 0 Å². The van der Waals surface area contributed by atoms with Crippen molar-refractivity contribution in [2.24, 2.45) is 0 Å². The van der Waals surface area contributed by atoms with Gasteiger partial charge in [0.2, 0.25) is 21.8 Å². The summed E-state index contributed by atoms with van der Waals surface area (Å²) in [5, 5.41) is 3.71. The number of sulfonamides is 1. The lowest BCUT2D eigenvalue weighted by atomic mass is 9.97. The van der Waals surface area contributed by atoms with E-state index in [0.29, 0.717) is 18.0 Å². The zero-order valence-electron chi connectivity index (χ0n) is 24.9. The number of carbonyl (C=O) groups excluding carboxylic acids is 2. The van der Waals surface area contributed by atoms with Gasteiger partial charge in [0, 0.05) is 30.6 Å². The molecule has 44 heavy (non-hydrogen) atoms. The quantitative estimate of drug-likeness (QED) is 0.198. The zero-order valence-corrected chi connectivity index (χ0v) is 26.5. The summed E-state index contributed by atoms with van der Waals surface area (Å²) in [5.41, 5.74) is 3.82. The number of nitrogens with one attached hydrogen (secondary N) is 2. The number of halogens is 1. The van der Waals surface area contributed by atoms with Gasteiger partial charge in [-0.25, -0.2) is 13.1 Å². The van der Waals surface area contributed by atoms with Crippen LogP contribution in [0.1, 0.15) is 74.1 Å². The first kappa shape index (κ1) is 31.9. The predicted octanol–water partition coefficient (Wildman–Crippen LogP) is 6.49. The summed E-state index contributed by atoms with van der Waals surface area (Å²) in [6, 6.07) is 22.6. The Labute approximate surface area is 265 Å². The third-order valence-electron chi connectivity index (χ3n) is 8.15. The smallest absolute Gasteiger partial charge is 0.247 e. The number of hydrogen-bond donors (Lipinski definition) is 2. The molecule has 0 radical (unpaired) electrons. The first-order chi connectivity index (χ1) is 21.3. The van der Waals surface area contributed by atoms with E-state index in [0.717, 1.165) is 48.8 Å². The van der Waals surface area contributed by atoms with Crippen LogP contribution in [0.15, 0.2) is 95.4 Å². The molecular weight excluding hydrogens is 594 g/mol. The van der Waals surface area contributed by atoms with Crippen molar-refractivity contribution in [1.82, 2.24) is 14.9 Å². The first-order valence-electron chi connectivity index (χ1n) is 15.4. The number of aryl methyl sites for hydroxylation is 1. The van der Waals surface area contributed by atoms with Crippen molar-refractivity contribution < 1.29 is 18.0 Å². The van der Waals surface area contributed by atoms with Gasteiger partial charge in [-0.1, -0.05) is 77.8 Å². The van der Waals surface area contributed by atoms with Gasteiger partial charge >= 0.3 is 0 Å². The molecule has 1 fully saturated rings. The number of benzene rings is 3. The van der Waals surface area contributed by atoms with Crippen molar-refractivity contribution in [2.75, 3.05) is 6.54 Å². The van der Waals surface area contributed by atoms with Crippen LogP contribution >= 0.6 is 11.6 Å². The average molecular weight is 634 g/mol. The van der Waals surface area contributed by atoms with Crippen LogP contribution in [0.3, 0.4) is 0 Å². The second kappa shape index (κ2) is 15.0. The fraction of sp³-hybridized carbons (Fsp3) is 0.371. The molecule has 2 amide bonds. The van der Waals surface area contributed by atoms with Gasteiger partial charge < -0.3 is 10.2 Å². The number of hydrogen-bond acceptors (Lipinski definition) is 4. The van der Waals surface area contributed by atoms with Gasteiger partial charge in [0.05, 0.1) is 4.90 Å². The lowest BCUT2D eigenvalue weighted by Gasteiger charge is -2.32. The van der Waals surface area contributed by atoms with E-state index >= 15 is 0 Å². The Bertz CT molecular complexity index is 1550. The highest BCUT2D eigenvalue weighted by atomic mass is 35.5. The van der Waals surface area contributed by atoms with Crippen molar-refractivity contribution in [2.45, 2.75) is 81.3 Å². The molecule has 0 aliphatic heterocycles. The number of amides is 2. The fourth-order valence-electron chi connectivity index (χ4n) is 5.51. The summed E-state index contributed by atoms with van der Waals surface area (Å²) < 4.78 is 27.8. The summed E-state index contributed by atoms with van der Waals surface area (Å²) in [5.74, 6) is -0.390. The highest BCUT2D eigenvalue weighted by Gasteiger charge is 2.31. The van der Waals surface area contributed by atoms with Gasteiger partial charge in [0.1, 0.15) is 6.04 Å². The van der Waals surface area contributed by atoms with Gasteiger partial charge in [0.15, 0.2) is 0 Å². The Morgan fingerprint density at radius 1 is 0.886 bits per heavy atom. The van der Waals surface area contributed by atoms with E-state index in [9.17, 15) is 18.0 Å². The lowest BCUT2D eigenvalue weighted by Crippen LogP contribution is -2.43. The van der Waals surface area contributed by atoms with Crippen LogP contribution in [-0.2, 0) is 32.6 Å². The Balaban J connectivity index is 1.33. The molecule has 5 rings (SSSR count). The molecule has 0 bridgehead atoms. The largest absolute Gasteiger partial charge is 0.354 e. The zero-order chi connectivity index (χ0) is 30.9. The molecule has 0 heterocycles. The Morgan fingerprint density at radius 2 is 1.59 bits per heavy atom. The number of rotatable bonds is 14. The summed E-state index contributed by atoms with van der Waals surface area (Å²) in [7, 11) is -3.55. The van der Waals surface area contributed by atoms with Gasteiger partial charge in [-0.15, -0.1) is 0 Å². The molecule has 0 unspecified atom stereocenters. The number of carbonyl (C=O) groups is 2. The van der Waals surface area contributed by atoms with E-state index in [-0.39, 0.29) is 35.7 Å². The predicted molar refractivity (Wildman–Crippen MR) is 173 cm³/mol.